The summed E-state index contributed by atoms with van der Waals surface area (Å²) in [5, 5.41) is 8.49. The fraction of sp³-hybridized carbons (Fsp3) is 0.273. The van der Waals surface area contributed by atoms with E-state index in [1.54, 1.807) is 12.1 Å². The van der Waals surface area contributed by atoms with Crippen molar-refractivity contribution in [1.29, 1.82) is 0 Å². The van der Waals surface area contributed by atoms with Gasteiger partial charge < -0.3 is 0 Å². The van der Waals surface area contributed by atoms with Crippen LogP contribution in [0.4, 0.5) is 0 Å². The molecule has 0 saturated heterocycles. The van der Waals surface area contributed by atoms with Crippen molar-refractivity contribution in [2.75, 3.05) is 18.8 Å². The first-order valence-corrected chi connectivity index (χ1v) is 8.43. The average Bonchev–Trinajstić information content (AvgIpc) is 2.14. The molecule has 0 radical (unpaired) electrons. The molecule has 0 aromatic heterocycles. The van der Waals surface area contributed by atoms with Gasteiger partial charge in [-0.05, 0) is 42.2 Å². The van der Waals surface area contributed by atoms with Gasteiger partial charge >= 0.3 is 0 Å². The van der Waals surface area contributed by atoms with E-state index >= 15 is 0 Å². The molecule has 0 aliphatic heterocycles. The zero-order chi connectivity index (χ0) is 11.5. The third-order valence-electron chi connectivity index (χ3n) is 1.57. The molecule has 15 heavy (non-hydrogen) atoms. The summed E-state index contributed by atoms with van der Waals surface area (Å²) in [6, 6.07) is 7.23. The van der Waals surface area contributed by atoms with E-state index in [1.165, 1.54) is 0 Å². The Labute approximate surface area is 95.2 Å². The van der Waals surface area contributed by atoms with E-state index in [-0.39, 0.29) is 0 Å². The highest BCUT2D eigenvalue weighted by Gasteiger charge is 1.99. The first kappa shape index (κ1) is 12.3. The molecule has 0 fully saturated rings. The molecule has 0 saturated carbocycles. The highest BCUT2D eigenvalue weighted by molar-refractivity contribution is 8.35. The second kappa shape index (κ2) is 4.84. The van der Waals surface area contributed by atoms with E-state index in [0.29, 0.717) is 4.90 Å². The summed E-state index contributed by atoms with van der Waals surface area (Å²) < 4.78 is 11.0. The van der Waals surface area contributed by atoms with E-state index in [9.17, 15) is 4.21 Å². The van der Waals surface area contributed by atoms with Crippen LogP contribution >= 0.6 is 10.0 Å². The standard InChI is InChI=1S/C11H15NOS2/c1-15(2,3)8-7-10-5-4-6-11(9-10)14(12)13/h4-6,9H,12H2,1-3H3. The largest absolute Gasteiger partial charge is 0.248 e. The summed E-state index contributed by atoms with van der Waals surface area (Å²) in [6.45, 7) is 0. The molecular formula is C11H15NOS2. The maximum Gasteiger partial charge on any atom is 0.122 e. The van der Waals surface area contributed by atoms with Gasteiger partial charge in [-0.1, -0.05) is 12.0 Å². The molecule has 2 nitrogen and oxygen atoms in total. The number of benzene rings is 1. The van der Waals surface area contributed by atoms with Crippen LogP contribution < -0.4 is 5.14 Å². The average molecular weight is 241 g/mol. The maximum absolute atomic E-state index is 11.0. The Morgan fingerprint density at radius 2 is 2.00 bits per heavy atom. The minimum atomic E-state index is -1.42. The summed E-state index contributed by atoms with van der Waals surface area (Å²) in [5.41, 5.74) is 0.869. The van der Waals surface area contributed by atoms with Crippen molar-refractivity contribution in [3.63, 3.8) is 0 Å². The van der Waals surface area contributed by atoms with Crippen LogP contribution in [0.5, 0.6) is 0 Å². The molecule has 1 rings (SSSR count). The van der Waals surface area contributed by atoms with E-state index in [1.807, 2.05) is 12.1 Å². The summed E-state index contributed by atoms with van der Waals surface area (Å²) in [6.07, 6.45) is 6.39. The molecule has 1 unspecified atom stereocenters. The van der Waals surface area contributed by atoms with Crippen LogP contribution in [0.1, 0.15) is 5.56 Å². The van der Waals surface area contributed by atoms with Crippen LogP contribution in [-0.2, 0) is 11.0 Å². The summed E-state index contributed by atoms with van der Waals surface area (Å²) >= 11 is 0. The molecule has 0 amide bonds. The number of hydrogen-bond acceptors (Lipinski definition) is 1. The van der Waals surface area contributed by atoms with Gasteiger partial charge in [-0.15, -0.1) is 0 Å². The third-order valence-corrected chi connectivity index (χ3v) is 3.00. The van der Waals surface area contributed by atoms with Gasteiger partial charge in [-0.25, -0.2) is 9.35 Å². The Kier molecular flexibility index (Phi) is 3.97. The lowest BCUT2D eigenvalue weighted by atomic mass is 10.2. The highest BCUT2D eigenvalue weighted by Crippen LogP contribution is 2.32. The topological polar surface area (TPSA) is 43.1 Å². The number of rotatable bonds is 1. The lowest BCUT2D eigenvalue weighted by molar-refractivity contribution is 0.684. The molecule has 4 heteroatoms. The van der Waals surface area contributed by atoms with Gasteiger partial charge in [-0.2, -0.15) is 10.0 Å². The summed E-state index contributed by atoms with van der Waals surface area (Å²) in [4.78, 5) is 0.616. The van der Waals surface area contributed by atoms with Crippen molar-refractivity contribution in [2.24, 2.45) is 5.14 Å². The Morgan fingerprint density at radius 3 is 2.53 bits per heavy atom. The van der Waals surface area contributed by atoms with E-state index in [0.717, 1.165) is 5.56 Å². The third kappa shape index (κ3) is 4.52. The fourth-order valence-electron chi connectivity index (χ4n) is 0.911. The van der Waals surface area contributed by atoms with Crippen molar-refractivity contribution in [1.82, 2.24) is 0 Å². The van der Waals surface area contributed by atoms with Gasteiger partial charge in [0.15, 0.2) is 0 Å². The quantitative estimate of drug-likeness (QED) is 0.747. The second-order valence-corrected chi connectivity index (χ2v) is 8.83. The Hall–Kier alpha value is -0.760. The van der Waals surface area contributed by atoms with Crippen molar-refractivity contribution in [3.8, 4) is 11.2 Å². The predicted octanol–water partition coefficient (Wildman–Crippen LogP) is 1.67. The Morgan fingerprint density at radius 1 is 1.33 bits per heavy atom. The molecule has 0 heterocycles. The minimum absolute atomic E-state index is 0.616. The zero-order valence-corrected chi connectivity index (χ0v) is 10.7. The van der Waals surface area contributed by atoms with Crippen LogP contribution in [0.2, 0.25) is 0 Å². The molecule has 1 aromatic rings. The lowest BCUT2D eigenvalue weighted by Crippen LogP contribution is -2.02. The first-order chi connectivity index (χ1) is 6.88. The normalized spacial score (nSPS) is 13.9. The molecular weight excluding hydrogens is 226 g/mol. The van der Waals surface area contributed by atoms with Crippen LogP contribution in [-0.4, -0.2) is 23.0 Å². The summed E-state index contributed by atoms with van der Waals surface area (Å²) in [7, 11) is -2.25. The minimum Gasteiger partial charge on any atom is -0.248 e. The van der Waals surface area contributed by atoms with E-state index in [4.69, 9.17) is 5.14 Å². The van der Waals surface area contributed by atoms with E-state index in [2.05, 4.69) is 29.9 Å². The van der Waals surface area contributed by atoms with Crippen molar-refractivity contribution < 1.29 is 4.21 Å². The van der Waals surface area contributed by atoms with Crippen LogP contribution in [0.3, 0.4) is 0 Å². The number of hydrogen-bond donors (Lipinski definition) is 1. The second-order valence-electron chi connectivity index (χ2n) is 3.89. The zero-order valence-electron chi connectivity index (χ0n) is 9.11. The van der Waals surface area contributed by atoms with Crippen LogP contribution in [0.15, 0.2) is 29.2 Å². The van der Waals surface area contributed by atoms with E-state index < -0.39 is 21.0 Å². The maximum atomic E-state index is 11.0. The highest BCUT2D eigenvalue weighted by atomic mass is 32.3. The monoisotopic (exact) mass is 241 g/mol. The van der Waals surface area contributed by atoms with Crippen molar-refractivity contribution in [2.45, 2.75) is 4.90 Å². The Bertz CT molecular complexity index is 438. The summed E-state index contributed by atoms with van der Waals surface area (Å²) in [5.74, 6) is 3.08. The molecule has 0 aliphatic carbocycles. The van der Waals surface area contributed by atoms with Crippen LogP contribution in [0.25, 0.3) is 0 Å². The van der Waals surface area contributed by atoms with Gasteiger partial charge in [0.25, 0.3) is 0 Å². The van der Waals surface area contributed by atoms with Crippen molar-refractivity contribution in [3.05, 3.63) is 29.8 Å². The smallest absolute Gasteiger partial charge is 0.122 e. The SMILES string of the molecule is CS(C)(C)C#Cc1cccc(S(N)=O)c1. The molecule has 1 aromatic carbocycles. The van der Waals surface area contributed by atoms with Gasteiger partial charge in [0.05, 0.1) is 4.90 Å². The molecule has 0 spiro atoms. The molecule has 0 bridgehead atoms. The molecule has 0 aliphatic rings. The lowest BCUT2D eigenvalue weighted by Gasteiger charge is -2.14. The predicted molar refractivity (Wildman–Crippen MR) is 69.3 cm³/mol. The van der Waals surface area contributed by atoms with Gasteiger partial charge in [-0.3, -0.25) is 0 Å². The van der Waals surface area contributed by atoms with Crippen LogP contribution in [0, 0.1) is 11.2 Å². The molecule has 82 valence electrons. The first-order valence-electron chi connectivity index (χ1n) is 4.36. The number of nitrogens with two attached hydrogens (primary N) is 1. The van der Waals surface area contributed by atoms with Gasteiger partial charge in [0, 0.05) is 5.56 Å². The molecule has 1 atom stereocenters. The fourth-order valence-corrected chi connectivity index (χ4v) is 1.79. The van der Waals surface area contributed by atoms with Crippen molar-refractivity contribution >= 4 is 21.0 Å². The Balaban J connectivity index is 3.00. The molecule has 2 N–H and O–H groups in total. The van der Waals surface area contributed by atoms with Gasteiger partial charge in [0.2, 0.25) is 0 Å². The van der Waals surface area contributed by atoms with Gasteiger partial charge in [0.1, 0.15) is 11.0 Å².